The number of carbonyl (C=O) groups excluding carboxylic acids is 1. The lowest BCUT2D eigenvalue weighted by atomic mass is 10.1. The van der Waals surface area contributed by atoms with Crippen molar-refractivity contribution in [1.29, 1.82) is 0 Å². The third kappa shape index (κ3) is 4.17. The van der Waals surface area contributed by atoms with Crippen LogP contribution in [0.3, 0.4) is 0 Å². The van der Waals surface area contributed by atoms with Crippen LogP contribution >= 0.6 is 0 Å². The Labute approximate surface area is 156 Å². The quantitative estimate of drug-likeness (QED) is 0.617. The number of rotatable bonds is 5. The lowest BCUT2D eigenvalue weighted by molar-refractivity contribution is 0.102. The van der Waals surface area contributed by atoms with Crippen LogP contribution in [0.4, 0.5) is 11.4 Å². The van der Waals surface area contributed by atoms with Crippen molar-refractivity contribution in [2.45, 2.75) is 13.8 Å². The maximum Gasteiger partial charge on any atom is 0.273 e. The summed E-state index contributed by atoms with van der Waals surface area (Å²) in [5.74, 6) is -0.350. The van der Waals surface area contributed by atoms with Crippen LogP contribution in [0.5, 0.6) is 0 Å². The summed E-state index contributed by atoms with van der Waals surface area (Å²) in [4.78, 5) is 12.4. The van der Waals surface area contributed by atoms with E-state index < -0.39 is 10.0 Å². The van der Waals surface area contributed by atoms with Crippen molar-refractivity contribution in [2.75, 3.05) is 16.3 Å². The lowest BCUT2D eigenvalue weighted by Crippen LogP contribution is -2.13. The fourth-order valence-electron chi connectivity index (χ4n) is 2.74. The van der Waals surface area contributed by atoms with E-state index in [9.17, 15) is 13.2 Å². The Bertz CT molecular complexity index is 1100. The highest BCUT2D eigenvalue weighted by molar-refractivity contribution is 7.92. The van der Waals surface area contributed by atoms with Gasteiger partial charge in [-0.25, -0.2) is 8.42 Å². The summed E-state index contributed by atoms with van der Waals surface area (Å²) in [5.41, 5.74) is 4.60. The molecular weight excluding hydrogens is 368 g/mol. The van der Waals surface area contributed by atoms with Gasteiger partial charge in [-0.2, -0.15) is 10.2 Å². The lowest BCUT2D eigenvalue weighted by Gasteiger charge is -2.06. The average Bonchev–Trinajstić information content (AvgIpc) is 3.13. The molecule has 0 saturated heterocycles. The van der Waals surface area contributed by atoms with Crippen LogP contribution < -0.4 is 10.0 Å². The maximum atomic E-state index is 12.4. The second kappa shape index (κ2) is 6.88. The van der Waals surface area contributed by atoms with Crippen molar-refractivity contribution in [2.24, 2.45) is 7.05 Å². The number of sulfonamides is 1. The molecule has 0 bridgehead atoms. The predicted molar refractivity (Wildman–Crippen MR) is 103 cm³/mol. The van der Waals surface area contributed by atoms with E-state index in [1.54, 1.807) is 35.0 Å². The number of carbonyl (C=O) groups is 1. The predicted octanol–water partition coefficient (Wildman–Crippen LogP) is 2.05. The number of hydrogen-bond donors (Lipinski definition) is 3. The molecule has 1 amide bonds. The summed E-state index contributed by atoms with van der Waals surface area (Å²) >= 11 is 0. The first kappa shape index (κ1) is 18.6. The van der Waals surface area contributed by atoms with Gasteiger partial charge in [0.05, 0.1) is 17.6 Å². The minimum Gasteiger partial charge on any atom is -0.321 e. The second-order valence-corrected chi connectivity index (χ2v) is 7.99. The zero-order valence-electron chi connectivity index (χ0n) is 15.4. The molecule has 2 heterocycles. The fraction of sp³-hybridized carbons (Fsp3) is 0.235. The van der Waals surface area contributed by atoms with Gasteiger partial charge in [-0.1, -0.05) is 0 Å². The second-order valence-electron chi connectivity index (χ2n) is 6.24. The molecule has 0 radical (unpaired) electrons. The Hall–Kier alpha value is -3.14. The fourth-order valence-corrected chi connectivity index (χ4v) is 3.31. The molecule has 3 aromatic rings. The van der Waals surface area contributed by atoms with Crippen molar-refractivity contribution >= 4 is 27.3 Å². The Morgan fingerprint density at radius 3 is 2.33 bits per heavy atom. The normalized spacial score (nSPS) is 11.4. The Morgan fingerprint density at radius 2 is 1.78 bits per heavy atom. The molecule has 0 aliphatic rings. The highest BCUT2D eigenvalue weighted by Gasteiger charge is 2.17. The third-order valence-corrected chi connectivity index (χ3v) is 4.64. The molecule has 2 aromatic heterocycles. The molecule has 9 nitrogen and oxygen atoms in total. The van der Waals surface area contributed by atoms with Gasteiger partial charge in [0.25, 0.3) is 5.91 Å². The molecular formula is C17H20N6O3S. The van der Waals surface area contributed by atoms with Crippen LogP contribution in [0.1, 0.15) is 21.9 Å². The largest absolute Gasteiger partial charge is 0.321 e. The zero-order valence-corrected chi connectivity index (χ0v) is 16.2. The molecule has 10 heteroatoms. The molecule has 0 unspecified atom stereocenters. The third-order valence-electron chi connectivity index (χ3n) is 4.03. The molecule has 0 fully saturated rings. The Kier molecular flexibility index (Phi) is 4.75. The highest BCUT2D eigenvalue weighted by Crippen LogP contribution is 2.25. The smallest absolute Gasteiger partial charge is 0.273 e. The van der Waals surface area contributed by atoms with E-state index in [1.807, 2.05) is 20.9 Å². The minimum atomic E-state index is -3.34. The van der Waals surface area contributed by atoms with E-state index in [-0.39, 0.29) is 5.91 Å². The first-order chi connectivity index (χ1) is 12.6. The molecule has 3 rings (SSSR count). The average molecular weight is 388 g/mol. The zero-order chi connectivity index (χ0) is 19.8. The number of aromatic amines is 1. The van der Waals surface area contributed by atoms with Crippen molar-refractivity contribution in [3.63, 3.8) is 0 Å². The van der Waals surface area contributed by atoms with Crippen LogP contribution in [-0.4, -0.2) is 40.6 Å². The van der Waals surface area contributed by atoms with Crippen molar-refractivity contribution < 1.29 is 13.2 Å². The first-order valence-corrected chi connectivity index (χ1v) is 9.98. The van der Waals surface area contributed by atoms with E-state index in [2.05, 4.69) is 25.3 Å². The number of aryl methyl sites for hydroxylation is 2. The Balaban J connectivity index is 1.75. The Morgan fingerprint density at radius 1 is 1.15 bits per heavy atom. The number of nitrogens with one attached hydrogen (secondary N) is 3. The van der Waals surface area contributed by atoms with Gasteiger partial charge >= 0.3 is 0 Å². The summed E-state index contributed by atoms with van der Waals surface area (Å²) in [6.07, 6.45) is 1.07. The van der Waals surface area contributed by atoms with Crippen LogP contribution in [0.25, 0.3) is 11.3 Å². The van der Waals surface area contributed by atoms with Crippen LogP contribution in [-0.2, 0) is 17.1 Å². The number of anilines is 2. The molecule has 142 valence electrons. The summed E-state index contributed by atoms with van der Waals surface area (Å²) in [6.45, 7) is 3.83. The summed E-state index contributed by atoms with van der Waals surface area (Å²) < 4.78 is 26.6. The van der Waals surface area contributed by atoms with E-state index in [4.69, 9.17) is 0 Å². The van der Waals surface area contributed by atoms with Gasteiger partial charge in [-0.15, -0.1) is 0 Å². The van der Waals surface area contributed by atoms with Crippen LogP contribution in [0, 0.1) is 13.8 Å². The molecule has 0 spiro atoms. The van der Waals surface area contributed by atoms with Gasteiger partial charge in [-0.3, -0.25) is 19.3 Å². The molecule has 0 saturated carbocycles. The molecule has 0 atom stereocenters. The topological polar surface area (TPSA) is 122 Å². The van der Waals surface area contributed by atoms with Crippen LogP contribution in [0.2, 0.25) is 0 Å². The van der Waals surface area contributed by atoms with Gasteiger partial charge < -0.3 is 5.32 Å². The van der Waals surface area contributed by atoms with Gasteiger partial charge in [-0.05, 0) is 44.2 Å². The number of nitrogens with zero attached hydrogens (tertiary/aromatic N) is 3. The molecule has 3 N–H and O–H groups in total. The van der Waals surface area contributed by atoms with E-state index in [0.29, 0.717) is 22.8 Å². The van der Waals surface area contributed by atoms with Gasteiger partial charge in [0.15, 0.2) is 0 Å². The summed E-state index contributed by atoms with van der Waals surface area (Å²) in [5, 5.41) is 14.1. The molecule has 0 aliphatic heterocycles. The first-order valence-electron chi connectivity index (χ1n) is 8.09. The van der Waals surface area contributed by atoms with E-state index >= 15 is 0 Å². The maximum absolute atomic E-state index is 12.4. The SMILES string of the molecule is Cc1nn(C)c(C)c1-c1cc(C(=O)Nc2ccc(NS(C)(=O)=O)cc2)[nH]n1. The molecule has 1 aromatic carbocycles. The van der Waals surface area contributed by atoms with Gasteiger partial charge in [0.1, 0.15) is 5.69 Å². The molecule has 0 aliphatic carbocycles. The number of aromatic nitrogens is 4. The van der Waals surface area contributed by atoms with Crippen LogP contribution in [0.15, 0.2) is 30.3 Å². The standard InChI is InChI=1S/C17H20N6O3S/c1-10-16(11(2)23(3)21-10)14-9-15(20-19-14)17(24)18-12-5-7-13(8-6-12)22-27(4,25)26/h5-9,22H,1-4H3,(H,18,24)(H,19,20). The highest BCUT2D eigenvalue weighted by atomic mass is 32.2. The van der Waals surface area contributed by atoms with Crippen molar-refractivity contribution in [1.82, 2.24) is 20.0 Å². The van der Waals surface area contributed by atoms with Gasteiger partial charge in [0.2, 0.25) is 10.0 Å². The number of amides is 1. The minimum absolute atomic E-state index is 0.311. The monoisotopic (exact) mass is 388 g/mol. The van der Waals surface area contributed by atoms with E-state index in [1.165, 1.54) is 0 Å². The summed E-state index contributed by atoms with van der Waals surface area (Å²) in [6, 6.07) is 8.02. The molecule has 27 heavy (non-hydrogen) atoms. The van der Waals surface area contributed by atoms with E-state index in [0.717, 1.165) is 23.2 Å². The van der Waals surface area contributed by atoms with Crippen molar-refractivity contribution in [3.05, 3.63) is 47.4 Å². The number of benzene rings is 1. The number of hydrogen-bond acceptors (Lipinski definition) is 5. The number of H-pyrrole nitrogens is 1. The summed E-state index contributed by atoms with van der Waals surface area (Å²) in [7, 11) is -1.49. The van der Waals surface area contributed by atoms with Gasteiger partial charge in [0, 0.05) is 29.7 Å². The van der Waals surface area contributed by atoms with Crippen molar-refractivity contribution in [3.8, 4) is 11.3 Å².